The van der Waals surface area contributed by atoms with E-state index in [1.54, 1.807) is 32.1 Å². The normalized spacial score (nSPS) is 42.2. The maximum absolute atomic E-state index is 9.10. The lowest BCUT2D eigenvalue weighted by molar-refractivity contribution is -0.159. The van der Waals surface area contributed by atoms with Crippen LogP contribution in [-0.4, -0.2) is 70.2 Å². The molecule has 6 aliphatic rings. The summed E-state index contributed by atoms with van der Waals surface area (Å²) >= 11 is 0. The summed E-state index contributed by atoms with van der Waals surface area (Å²) in [7, 11) is 0. The first kappa shape index (κ1) is 21.1. The lowest BCUT2D eigenvalue weighted by atomic mass is 9.54. The molecule has 6 rings (SSSR count). The third kappa shape index (κ3) is 4.79. The topological polar surface area (TPSA) is 81.1 Å². The highest BCUT2D eigenvalue weighted by Gasteiger charge is 2.50. The molecule has 164 valence electrons. The summed E-state index contributed by atoms with van der Waals surface area (Å²) in [5.41, 5.74) is 0. The number of hydrogen-bond acceptors (Lipinski definition) is 4. The molecule has 5 aliphatic carbocycles. The highest BCUT2D eigenvalue weighted by molar-refractivity contribution is 6.27. The third-order valence-electron chi connectivity index (χ3n) is 8.56. The van der Waals surface area contributed by atoms with Crippen molar-refractivity contribution >= 4 is 11.9 Å². The van der Waals surface area contributed by atoms with Crippen molar-refractivity contribution in [2.45, 2.75) is 76.8 Å². The molecular weight excluding hydrogens is 368 g/mol. The van der Waals surface area contributed by atoms with Crippen LogP contribution in [0.1, 0.15) is 64.7 Å². The van der Waals surface area contributed by atoms with Crippen LogP contribution in [0.15, 0.2) is 0 Å². The summed E-state index contributed by atoms with van der Waals surface area (Å²) in [4.78, 5) is 24.0. The van der Waals surface area contributed by atoms with Gasteiger partial charge in [0, 0.05) is 38.3 Å². The Morgan fingerprint density at radius 3 is 1.72 bits per heavy atom. The lowest BCUT2D eigenvalue weighted by Crippen LogP contribution is -2.61. The first-order valence-electron chi connectivity index (χ1n) is 11.8. The maximum atomic E-state index is 9.10. The zero-order valence-electron chi connectivity index (χ0n) is 17.8. The van der Waals surface area contributed by atoms with Gasteiger partial charge in [0.25, 0.3) is 0 Å². The number of carboxylic acid groups (broad SMARTS) is 2. The number of carboxylic acids is 2. The van der Waals surface area contributed by atoms with Gasteiger partial charge in [0.05, 0.1) is 0 Å². The summed E-state index contributed by atoms with van der Waals surface area (Å²) in [5.74, 6) is 1.72. The van der Waals surface area contributed by atoms with Crippen molar-refractivity contribution in [3.8, 4) is 0 Å². The van der Waals surface area contributed by atoms with E-state index in [1.165, 1.54) is 51.9 Å². The Hall–Kier alpha value is -1.14. The van der Waals surface area contributed by atoms with E-state index >= 15 is 0 Å². The Kier molecular flexibility index (Phi) is 6.50. The molecule has 5 saturated carbocycles. The van der Waals surface area contributed by atoms with E-state index in [9.17, 15) is 0 Å². The molecule has 4 bridgehead atoms. The Morgan fingerprint density at radius 2 is 1.24 bits per heavy atom. The van der Waals surface area contributed by atoms with Crippen LogP contribution >= 0.6 is 0 Å². The summed E-state index contributed by atoms with van der Waals surface area (Å²) in [6, 6.07) is 1.90. The predicted molar refractivity (Wildman–Crippen MR) is 111 cm³/mol. The average Bonchev–Trinajstić information content (AvgIpc) is 2.68. The van der Waals surface area contributed by atoms with E-state index in [-0.39, 0.29) is 0 Å². The molecule has 29 heavy (non-hydrogen) atoms. The molecule has 0 aromatic carbocycles. The molecule has 0 spiro atoms. The second kappa shape index (κ2) is 8.93. The second-order valence-corrected chi connectivity index (χ2v) is 10.5. The zero-order chi connectivity index (χ0) is 20.5. The quantitative estimate of drug-likeness (QED) is 0.686. The Bertz CT molecular complexity index is 562. The Balaban J connectivity index is 0.000000302. The molecule has 6 fully saturated rings. The highest BCUT2D eigenvalue weighted by atomic mass is 16.4. The van der Waals surface area contributed by atoms with Crippen LogP contribution in [0, 0.1) is 29.6 Å². The molecule has 2 atom stereocenters. The van der Waals surface area contributed by atoms with Crippen molar-refractivity contribution in [1.29, 1.82) is 0 Å². The second-order valence-electron chi connectivity index (χ2n) is 10.5. The zero-order valence-corrected chi connectivity index (χ0v) is 17.8. The van der Waals surface area contributed by atoms with E-state index in [0.29, 0.717) is 0 Å². The van der Waals surface area contributed by atoms with E-state index < -0.39 is 11.9 Å². The van der Waals surface area contributed by atoms with Crippen molar-refractivity contribution in [1.82, 2.24) is 9.80 Å². The third-order valence-corrected chi connectivity index (χ3v) is 8.56. The number of rotatable bonds is 2. The van der Waals surface area contributed by atoms with Crippen molar-refractivity contribution in [2.75, 3.05) is 26.2 Å². The highest BCUT2D eigenvalue weighted by Crippen LogP contribution is 2.55. The molecule has 0 radical (unpaired) electrons. The summed E-state index contributed by atoms with van der Waals surface area (Å²) in [5, 5.41) is 14.8. The van der Waals surface area contributed by atoms with E-state index in [2.05, 4.69) is 16.7 Å². The van der Waals surface area contributed by atoms with Crippen molar-refractivity contribution in [2.24, 2.45) is 29.6 Å². The standard InChI is InChI=1S/C21H36N2.C2H2O4/c1-15-3-2-4-20(9-15)22-5-7-23(8-6-22)21-18-11-16-10-17(13-18)14-19(21)12-16;3-1(4)2(5)6/h15-21H,2-14H2,1H3;(H,3,4)(H,5,6). The fourth-order valence-corrected chi connectivity index (χ4v) is 7.63. The molecule has 0 aromatic rings. The van der Waals surface area contributed by atoms with Crippen LogP contribution in [0.4, 0.5) is 0 Å². The van der Waals surface area contributed by atoms with E-state index in [1.807, 2.05) is 0 Å². The Labute approximate surface area is 174 Å². The Morgan fingerprint density at radius 1 is 0.724 bits per heavy atom. The fraction of sp³-hybridized carbons (Fsp3) is 0.913. The fourth-order valence-electron chi connectivity index (χ4n) is 7.63. The molecule has 6 nitrogen and oxygen atoms in total. The van der Waals surface area contributed by atoms with Gasteiger partial charge in [-0.05, 0) is 74.5 Å². The molecule has 2 unspecified atom stereocenters. The van der Waals surface area contributed by atoms with Gasteiger partial charge >= 0.3 is 11.9 Å². The van der Waals surface area contributed by atoms with Gasteiger partial charge in [-0.3, -0.25) is 9.80 Å². The molecule has 0 aromatic heterocycles. The summed E-state index contributed by atoms with van der Waals surface area (Å²) in [6.07, 6.45) is 13.8. The number of hydrogen-bond donors (Lipinski definition) is 2. The predicted octanol–water partition coefficient (Wildman–Crippen LogP) is 3.16. The molecule has 0 amide bonds. The minimum absolute atomic E-state index is 0.916. The minimum Gasteiger partial charge on any atom is -0.473 e. The van der Waals surface area contributed by atoms with Crippen LogP contribution < -0.4 is 0 Å². The van der Waals surface area contributed by atoms with Gasteiger partial charge in [-0.1, -0.05) is 19.8 Å². The monoisotopic (exact) mass is 406 g/mol. The van der Waals surface area contributed by atoms with Gasteiger partial charge in [-0.2, -0.15) is 0 Å². The minimum atomic E-state index is -1.82. The van der Waals surface area contributed by atoms with Gasteiger partial charge in [-0.25, -0.2) is 9.59 Å². The van der Waals surface area contributed by atoms with Gasteiger partial charge < -0.3 is 10.2 Å². The summed E-state index contributed by atoms with van der Waals surface area (Å²) < 4.78 is 0. The van der Waals surface area contributed by atoms with E-state index in [0.717, 1.165) is 41.7 Å². The molecular formula is C23H38N2O4. The van der Waals surface area contributed by atoms with E-state index in [4.69, 9.17) is 19.8 Å². The average molecular weight is 407 g/mol. The van der Waals surface area contributed by atoms with Gasteiger partial charge in [-0.15, -0.1) is 0 Å². The lowest BCUT2D eigenvalue weighted by Gasteiger charge is -2.58. The molecule has 1 heterocycles. The van der Waals surface area contributed by atoms with Gasteiger partial charge in [0.2, 0.25) is 0 Å². The van der Waals surface area contributed by atoms with Crippen molar-refractivity contribution < 1.29 is 19.8 Å². The first-order valence-corrected chi connectivity index (χ1v) is 11.8. The van der Waals surface area contributed by atoms with Crippen LogP contribution in [0.25, 0.3) is 0 Å². The van der Waals surface area contributed by atoms with Crippen LogP contribution in [0.3, 0.4) is 0 Å². The summed E-state index contributed by atoms with van der Waals surface area (Å²) in [6.45, 7) is 7.94. The number of carbonyl (C=O) groups is 2. The largest absolute Gasteiger partial charge is 0.473 e. The number of piperazine rings is 1. The smallest absolute Gasteiger partial charge is 0.414 e. The van der Waals surface area contributed by atoms with Gasteiger partial charge in [0.15, 0.2) is 0 Å². The van der Waals surface area contributed by atoms with Gasteiger partial charge in [0.1, 0.15) is 0 Å². The molecule has 6 heteroatoms. The number of aliphatic carboxylic acids is 2. The van der Waals surface area contributed by atoms with Crippen molar-refractivity contribution in [3.05, 3.63) is 0 Å². The number of nitrogens with zero attached hydrogens (tertiary/aromatic N) is 2. The SMILES string of the molecule is CC1CCCC(N2CCN(C3C4CC5CC(C4)CC3C5)CC2)C1.O=C(O)C(=O)O. The van der Waals surface area contributed by atoms with Crippen LogP contribution in [0.2, 0.25) is 0 Å². The maximum Gasteiger partial charge on any atom is 0.414 e. The van der Waals surface area contributed by atoms with Crippen LogP contribution in [-0.2, 0) is 9.59 Å². The molecule has 2 N–H and O–H groups in total. The molecule has 1 saturated heterocycles. The van der Waals surface area contributed by atoms with Crippen molar-refractivity contribution in [3.63, 3.8) is 0 Å². The van der Waals surface area contributed by atoms with Crippen LogP contribution in [0.5, 0.6) is 0 Å². The molecule has 1 aliphatic heterocycles. The first-order chi connectivity index (χ1) is 13.9.